The molecule has 0 radical (unpaired) electrons. The quantitative estimate of drug-likeness (QED) is 0.898. The lowest BCUT2D eigenvalue weighted by molar-refractivity contribution is 0.502. The van der Waals surface area contributed by atoms with Crippen molar-refractivity contribution in [1.82, 2.24) is 20.1 Å². The molecule has 1 heterocycles. The molecule has 0 aliphatic carbocycles. The number of rotatable bonds is 5. The van der Waals surface area contributed by atoms with Gasteiger partial charge in [0.15, 0.2) is 0 Å². The Morgan fingerprint density at radius 1 is 1.42 bits per heavy atom. The van der Waals surface area contributed by atoms with E-state index in [4.69, 9.17) is 0 Å². The van der Waals surface area contributed by atoms with E-state index in [-0.39, 0.29) is 11.9 Å². The summed E-state index contributed by atoms with van der Waals surface area (Å²) in [6.45, 7) is 4.56. The first-order valence-corrected chi connectivity index (χ1v) is 6.46. The summed E-state index contributed by atoms with van der Waals surface area (Å²) in [5.41, 5.74) is 1.34. The number of aryl methyl sites for hydroxylation is 2. The molecule has 0 fully saturated rings. The van der Waals surface area contributed by atoms with E-state index in [1.165, 1.54) is 6.33 Å². The Bertz CT molecular complexity index is 550. The molecule has 2 rings (SSSR count). The topological polar surface area (TPSA) is 42.7 Å². The van der Waals surface area contributed by atoms with Crippen LogP contribution in [0.4, 0.5) is 4.39 Å². The zero-order valence-electron chi connectivity index (χ0n) is 11.5. The summed E-state index contributed by atoms with van der Waals surface area (Å²) < 4.78 is 16.0. The van der Waals surface area contributed by atoms with Gasteiger partial charge in [-0.1, -0.05) is 18.2 Å². The molecule has 1 N–H and O–H groups in total. The molecular formula is C14H19FN4. The first kappa shape index (κ1) is 13.7. The molecule has 0 amide bonds. The van der Waals surface area contributed by atoms with E-state index in [0.717, 1.165) is 12.4 Å². The number of aromatic nitrogens is 3. The summed E-state index contributed by atoms with van der Waals surface area (Å²) in [5.74, 6) is 0.715. The van der Waals surface area contributed by atoms with Crippen LogP contribution in [0.25, 0.3) is 0 Å². The molecule has 2 aromatic rings. The van der Waals surface area contributed by atoms with Crippen LogP contribution in [0.1, 0.15) is 29.9 Å². The second-order valence-corrected chi connectivity index (χ2v) is 4.52. The second kappa shape index (κ2) is 5.93. The highest BCUT2D eigenvalue weighted by Gasteiger charge is 2.18. The maximum Gasteiger partial charge on any atom is 0.138 e. The summed E-state index contributed by atoms with van der Waals surface area (Å²) in [6.07, 6.45) is 2.16. The normalized spacial score (nSPS) is 12.6. The highest BCUT2D eigenvalue weighted by molar-refractivity contribution is 5.28. The summed E-state index contributed by atoms with van der Waals surface area (Å²) >= 11 is 0. The van der Waals surface area contributed by atoms with Gasteiger partial charge in [-0.25, -0.2) is 9.37 Å². The Labute approximate surface area is 112 Å². The van der Waals surface area contributed by atoms with Gasteiger partial charge in [-0.15, -0.1) is 0 Å². The van der Waals surface area contributed by atoms with Crippen LogP contribution >= 0.6 is 0 Å². The molecule has 1 aromatic carbocycles. The molecule has 1 atom stereocenters. The van der Waals surface area contributed by atoms with Gasteiger partial charge in [0.2, 0.25) is 0 Å². The molecule has 0 spiro atoms. The number of hydrogen-bond acceptors (Lipinski definition) is 3. The highest BCUT2D eigenvalue weighted by atomic mass is 19.1. The van der Waals surface area contributed by atoms with Gasteiger partial charge >= 0.3 is 0 Å². The van der Waals surface area contributed by atoms with Crippen LogP contribution < -0.4 is 5.32 Å². The molecule has 4 nitrogen and oxygen atoms in total. The van der Waals surface area contributed by atoms with Crippen molar-refractivity contribution < 1.29 is 4.39 Å². The number of hydrogen-bond donors (Lipinski definition) is 1. The molecule has 1 aromatic heterocycles. The zero-order chi connectivity index (χ0) is 13.8. The van der Waals surface area contributed by atoms with E-state index < -0.39 is 0 Å². The van der Waals surface area contributed by atoms with Crippen LogP contribution in [0.3, 0.4) is 0 Å². The third-order valence-corrected chi connectivity index (χ3v) is 3.33. The lowest BCUT2D eigenvalue weighted by Crippen LogP contribution is -2.22. The third-order valence-electron chi connectivity index (χ3n) is 3.33. The van der Waals surface area contributed by atoms with Gasteiger partial charge in [0, 0.05) is 24.6 Å². The van der Waals surface area contributed by atoms with E-state index in [2.05, 4.69) is 15.4 Å². The largest absolute Gasteiger partial charge is 0.313 e. The molecule has 1 unspecified atom stereocenters. The van der Waals surface area contributed by atoms with Gasteiger partial charge in [0.05, 0.1) is 0 Å². The van der Waals surface area contributed by atoms with Crippen LogP contribution in [0, 0.1) is 12.7 Å². The van der Waals surface area contributed by atoms with Gasteiger partial charge in [0.1, 0.15) is 18.0 Å². The summed E-state index contributed by atoms with van der Waals surface area (Å²) in [5, 5.41) is 7.29. The zero-order valence-corrected chi connectivity index (χ0v) is 11.5. The Kier molecular flexibility index (Phi) is 4.27. The van der Waals surface area contributed by atoms with Crippen molar-refractivity contribution in [3.63, 3.8) is 0 Å². The van der Waals surface area contributed by atoms with Crippen LogP contribution in [-0.2, 0) is 13.0 Å². The second-order valence-electron chi connectivity index (χ2n) is 4.52. The number of nitrogens with one attached hydrogen (secondary N) is 1. The van der Waals surface area contributed by atoms with Gasteiger partial charge in [-0.3, -0.25) is 4.68 Å². The monoisotopic (exact) mass is 262 g/mol. The number of halogens is 1. The molecule has 0 saturated carbocycles. The number of likely N-dealkylation sites (N-methyl/N-ethyl adjacent to an activating group) is 1. The fraction of sp³-hybridized carbons (Fsp3) is 0.429. The fourth-order valence-electron chi connectivity index (χ4n) is 2.20. The van der Waals surface area contributed by atoms with Gasteiger partial charge in [-0.2, -0.15) is 5.10 Å². The minimum absolute atomic E-state index is 0.102. The van der Waals surface area contributed by atoms with Gasteiger partial charge < -0.3 is 5.32 Å². The van der Waals surface area contributed by atoms with Crippen LogP contribution in [-0.4, -0.2) is 21.8 Å². The smallest absolute Gasteiger partial charge is 0.138 e. The van der Waals surface area contributed by atoms with E-state index in [0.29, 0.717) is 17.5 Å². The van der Waals surface area contributed by atoms with E-state index >= 15 is 0 Å². The Hall–Kier alpha value is -1.75. The lowest BCUT2D eigenvalue weighted by Gasteiger charge is -2.18. The lowest BCUT2D eigenvalue weighted by atomic mass is 10.0. The molecule has 5 heteroatoms. The van der Waals surface area contributed by atoms with Gasteiger partial charge in [0.25, 0.3) is 0 Å². The Morgan fingerprint density at radius 3 is 2.89 bits per heavy atom. The highest BCUT2D eigenvalue weighted by Crippen LogP contribution is 2.22. The first-order valence-electron chi connectivity index (χ1n) is 6.46. The van der Waals surface area contributed by atoms with Gasteiger partial charge in [-0.05, 0) is 26.5 Å². The predicted molar refractivity (Wildman–Crippen MR) is 72.3 cm³/mol. The van der Waals surface area contributed by atoms with Crippen LogP contribution in [0.15, 0.2) is 24.5 Å². The SMILES string of the molecule is CCn1ncnc1CC(NC)c1cccc(C)c1F. The average molecular weight is 262 g/mol. The molecule has 102 valence electrons. The molecule has 0 bridgehead atoms. The Balaban J connectivity index is 2.28. The average Bonchev–Trinajstić information content (AvgIpc) is 2.87. The van der Waals surface area contributed by atoms with E-state index in [1.807, 2.05) is 30.8 Å². The summed E-state index contributed by atoms with van der Waals surface area (Å²) in [7, 11) is 1.83. The van der Waals surface area contributed by atoms with Crippen molar-refractivity contribution in [2.75, 3.05) is 7.05 Å². The predicted octanol–water partition coefficient (Wildman–Crippen LogP) is 2.25. The fourth-order valence-corrected chi connectivity index (χ4v) is 2.20. The third kappa shape index (κ3) is 2.81. The molecule has 0 saturated heterocycles. The summed E-state index contributed by atoms with van der Waals surface area (Å²) in [4.78, 5) is 4.24. The van der Waals surface area contributed by atoms with Crippen molar-refractivity contribution in [2.24, 2.45) is 0 Å². The standard InChI is InChI=1S/C14H19FN4/c1-4-19-13(17-9-18-19)8-12(16-3)11-7-5-6-10(2)14(11)15/h5-7,9,12,16H,4,8H2,1-3H3. The molecule has 0 aliphatic heterocycles. The van der Waals surface area contributed by atoms with E-state index in [1.54, 1.807) is 13.0 Å². The Morgan fingerprint density at radius 2 is 2.21 bits per heavy atom. The minimum Gasteiger partial charge on any atom is -0.313 e. The molecule has 0 aliphatic rings. The van der Waals surface area contributed by atoms with Crippen molar-refractivity contribution >= 4 is 0 Å². The summed E-state index contributed by atoms with van der Waals surface area (Å²) in [6, 6.07) is 5.37. The van der Waals surface area contributed by atoms with Crippen molar-refractivity contribution in [2.45, 2.75) is 32.9 Å². The van der Waals surface area contributed by atoms with E-state index in [9.17, 15) is 4.39 Å². The van der Waals surface area contributed by atoms with Crippen LogP contribution in [0.2, 0.25) is 0 Å². The molecular weight excluding hydrogens is 243 g/mol. The van der Waals surface area contributed by atoms with Crippen molar-refractivity contribution in [1.29, 1.82) is 0 Å². The maximum absolute atomic E-state index is 14.2. The first-order chi connectivity index (χ1) is 9.17. The minimum atomic E-state index is -0.149. The maximum atomic E-state index is 14.2. The number of nitrogens with zero attached hydrogens (tertiary/aromatic N) is 3. The van der Waals surface area contributed by atoms with Crippen molar-refractivity contribution in [3.05, 3.63) is 47.3 Å². The van der Waals surface area contributed by atoms with Crippen LogP contribution in [0.5, 0.6) is 0 Å². The molecule has 19 heavy (non-hydrogen) atoms. The number of benzene rings is 1. The van der Waals surface area contributed by atoms with Crippen molar-refractivity contribution in [3.8, 4) is 0 Å².